The molecule has 0 unspecified atom stereocenters. The Morgan fingerprint density at radius 2 is 2.00 bits per heavy atom. The van der Waals surface area contributed by atoms with E-state index in [1.807, 2.05) is 13.0 Å². The summed E-state index contributed by atoms with van der Waals surface area (Å²) >= 11 is 0. The van der Waals surface area contributed by atoms with E-state index in [0.717, 1.165) is 32.1 Å². The number of hydrogen-bond acceptors (Lipinski definition) is 8. The molecule has 3 aromatic rings. The van der Waals surface area contributed by atoms with Crippen molar-refractivity contribution in [2.75, 3.05) is 4.90 Å². The summed E-state index contributed by atoms with van der Waals surface area (Å²) in [7, 11) is 1.79. The molecule has 2 saturated heterocycles. The molecule has 0 spiro atoms. The predicted octanol–water partition coefficient (Wildman–Crippen LogP) is 3.02. The zero-order chi connectivity index (χ0) is 23.7. The average molecular weight is 465 g/mol. The molecule has 2 aliphatic heterocycles. The van der Waals surface area contributed by atoms with Gasteiger partial charge in [-0.2, -0.15) is 5.10 Å². The highest BCUT2D eigenvalue weighted by molar-refractivity contribution is 5.71. The molecule has 0 radical (unpaired) electrons. The molecule has 34 heavy (non-hydrogen) atoms. The van der Waals surface area contributed by atoms with Crippen LogP contribution >= 0.6 is 0 Å². The predicted molar refractivity (Wildman–Crippen MR) is 125 cm³/mol. The number of halogens is 1. The van der Waals surface area contributed by atoms with Crippen molar-refractivity contribution in [3.05, 3.63) is 30.7 Å². The molecular formula is C24H29FN8O. The van der Waals surface area contributed by atoms with E-state index in [9.17, 15) is 5.11 Å². The number of phenolic OH excluding ortho intramolecular Hbond substituents is 1. The lowest BCUT2D eigenvalue weighted by atomic mass is 9.82. The minimum Gasteiger partial charge on any atom is -0.507 e. The number of hydrogen-bond donors (Lipinski definition) is 2. The van der Waals surface area contributed by atoms with Crippen LogP contribution in [0.25, 0.3) is 22.6 Å². The summed E-state index contributed by atoms with van der Waals surface area (Å²) in [5, 5.41) is 27.2. The fourth-order valence-electron chi connectivity index (χ4n) is 5.74. The molecule has 0 amide bonds. The van der Waals surface area contributed by atoms with Gasteiger partial charge in [0.15, 0.2) is 5.82 Å². The number of piperidine rings is 1. The quantitative estimate of drug-likeness (QED) is 0.594. The molecule has 178 valence electrons. The molecule has 3 aliphatic rings. The first-order valence-corrected chi connectivity index (χ1v) is 11.9. The number of nitrogens with zero attached hydrogens (tertiary/aromatic N) is 7. The SMILES string of the molecule is Cn1cnc(-c2ccc(-c3cnc(N(C4CC4)[C@@H]4C[C@@]5(C)CC[C@](C)(N5)[C@@H]4F)nn3)c(O)c2)n1. The number of anilines is 1. The summed E-state index contributed by atoms with van der Waals surface area (Å²) in [5.74, 6) is 1.04. The Kier molecular flexibility index (Phi) is 4.68. The molecule has 1 saturated carbocycles. The van der Waals surface area contributed by atoms with Gasteiger partial charge in [-0.15, -0.1) is 10.2 Å². The third-order valence-electron chi connectivity index (χ3n) is 7.60. The lowest BCUT2D eigenvalue weighted by molar-refractivity contribution is 0.0828. The Balaban J connectivity index is 1.28. The van der Waals surface area contributed by atoms with Gasteiger partial charge in [-0.3, -0.25) is 4.68 Å². The number of benzene rings is 1. The zero-order valence-corrected chi connectivity index (χ0v) is 19.6. The maximum Gasteiger partial charge on any atom is 0.245 e. The number of rotatable bonds is 5. The molecule has 1 aromatic carbocycles. The van der Waals surface area contributed by atoms with E-state index < -0.39 is 11.7 Å². The maximum atomic E-state index is 15.8. The van der Waals surface area contributed by atoms with E-state index in [2.05, 4.69) is 42.4 Å². The van der Waals surface area contributed by atoms with Gasteiger partial charge in [0.1, 0.15) is 23.9 Å². The van der Waals surface area contributed by atoms with Crippen LogP contribution in [-0.4, -0.2) is 64.4 Å². The van der Waals surface area contributed by atoms with E-state index in [1.54, 1.807) is 36.4 Å². The summed E-state index contributed by atoms with van der Waals surface area (Å²) in [4.78, 5) is 10.9. The minimum absolute atomic E-state index is 0.0486. The molecule has 6 rings (SSSR count). The van der Waals surface area contributed by atoms with Crippen molar-refractivity contribution in [3.63, 3.8) is 0 Å². The van der Waals surface area contributed by atoms with Crippen LogP contribution in [0.1, 0.15) is 46.0 Å². The Bertz CT molecular complexity index is 1230. The second-order valence-corrected chi connectivity index (χ2v) is 10.5. The van der Waals surface area contributed by atoms with Crippen molar-refractivity contribution in [3.8, 4) is 28.4 Å². The fourth-order valence-corrected chi connectivity index (χ4v) is 5.74. The number of nitrogens with one attached hydrogen (secondary N) is 1. The van der Waals surface area contributed by atoms with E-state index in [0.29, 0.717) is 28.6 Å². The Morgan fingerprint density at radius 1 is 1.18 bits per heavy atom. The molecule has 4 atom stereocenters. The molecular weight excluding hydrogens is 435 g/mol. The van der Waals surface area contributed by atoms with Crippen molar-refractivity contribution in [2.45, 2.75) is 75.3 Å². The molecule has 4 heterocycles. The summed E-state index contributed by atoms with van der Waals surface area (Å²) in [6.07, 6.45) is 6.76. The molecule has 1 aliphatic carbocycles. The molecule has 2 N–H and O–H groups in total. The third-order valence-corrected chi connectivity index (χ3v) is 7.60. The van der Waals surface area contributed by atoms with Gasteiger partial charge in [0, 0.05) is 35.3 Å². The Labute approximate surface area is 197 Å². The summed E-state index contributed by atoms with van der Waals surface area (Å²) in [5.41, 5.74) is 1.09. The van der Waals surface area contributed by atoms with Gasteiger partial charge in [-0.05, 0) is 58.1 Å². The Morgan fingerprint density at radius 3 is 2.65 bits per heavy atom. The average Bonchev–Trinajstić information content (AvgIpc) is 3.48. The third kappa shape index (κ3) is 3.51. The first kappa shape index (κ1) is 21.4. The lowest BCUT2D eigenvalue weighted by Gasteiger charge is -2.48. The number of fused-ring (bicyclic) bond motifs is 2. The minimum atomic E-state index is -1.01. The highest BCUT2D eigenvalue weighted by Crippen LogP contribution is 2.47. The number of aromatic nitrogens is 6. The standard InChI is InChI=1S/C24H29FN8O/c1-23-8-9-24(2,31-23)20(25)18(11-23)33(15-5-6-15)22-26-12-17(28-29-22)16-7-4-14(10-19(16)34)21-27-13-32(3)30-21/h4,7,10,12-13,15,18,20,31,34H,5-6,8-9,11H2,1-3H3/t18-,20-,23-,24+/m1/s1. The highest BCUT2D eigenvalue weighted by atomic mass is 19.1. The van der Waals surface area contributed by atoms with Crippen LogP contribution in [-0.2, 0) is 7.05 Å². The molecule has 9 nitrogen and oxygen atoms in total. The van der Waals surface area contributed by atoms with Crippen molar-refractivity contribution in [1.82, 2.24) is 35.3 Å². The second kappa shape index (κ2) is 7.43. The van der Waals surface area contributed by atoms with Crippen molar-refractivity contribution < 1.29 is 9.50 Å². The van der Waals surface area contributed by atoms with Gasteiger partial charge in [-0.25, -0.2) is 14.4 Å². The topological polar surface area (TPSA) is 105 Å². The second-order valence-electron chi connectivity index (χ2n) is 10.5. The highest BCUT2D eigenvalue weighted by Gasteiger charge is 2.58. The first-order chi connectivity index (χ1) is 16.2. The van der Waals surface area contributed by atoms with Crippen molar-refractivity contribution in [2.24, 2.45) is 7.05 Å². The number of alkyl halides is 1. The van der Waals surface area contributed by atoms with Gasteiger partial charge >= 0.3 is 0 Å². The van der Waals surface area contributed by atoms with Gasteiger partial charge in [0.25, 0.3) is 0 Å². The van der Waals surface area contributed by atoms with Crippen LogP contribution < -0.4 is 10.2 Å². The fraction of sp³-hybridized carbons (Fsp3) is 0.542. The van der Waals surface area contributed by atoms with Crippen LogP contribution in [0, 0.1) is 0 Å². The molecule has 2 bridgehead atoms. The van der Waals surface area contributed by atoms with E-state index in [1.165, 1.54) is 0 Å². The summed E-state index contributed by atoms with van der Waals surface area (Å²) < 4.78 is 17.4. The van der Waals surface area contributed by atoms with Gasteiger partial charge in [0.05, 0.1) is 12.2 Å². The maximum absolute atomic E-state index is 15.8. The van der Waals surface area contributed by atoms with E-state index in [4.69, 9.17) is 0 Å². The number of aryl methyl sites for hydroxylation is 1. The first-order valence-electron chi connectivity index (χ1n) is 11.9. The van der Waals surface area contributed by atoms with Crippen LogP contribution in [0.3, 0.4) is 0 Å². The summed E-state index contributed by atoms with van der Waals surface area (Å²) in [6.45, 7) is 4.19. The van der Waals surface area contributed by atoms with Crippen LogP contribution in [0.4, 0.5) is 10.3 Å². The van der Waals surface area contributed by atoms with Crippen LogP contribution in [0.5, 0.6) is 5.75 Å². The van der Waals surface area contributed by atoms with E-state index in [-0.39, 0.29) is 23.4 Å². The Hall–Kier alpha value is -3.14. The smallest absolute Gasteiger partial charge is 0.245 e. The summed E-state index contributed by atoms with van der Waals surface area (Å²) in [6, 6.07) is 5.17. The van der Waals surface area contributed by atoms with Crippen molar-refractivity contribution in [1.29, 1.82) is 0 Å². The number of phenols is 1. The van der Waals surface area contributed by atoms with Crippen molar-refractivity contribution >= 4 is 5.95 Å². The van der Waals surface area contributed by atoms with Gasteiger partial charge < -0.3 is 15.3 Å². The van der Waals surface area contributed by atoms with Gasteiger partial charge in [0.2, 0.25) is 5.95 Å². The van der Waals surface area contributed by atoms with Crippen LogP contribution in [0.15, 0.2) is 30.7 Å². The van der Waals surface area contributed by atoms with E-state index >= 15 is 4.39 Å². The van der Waals surface area contributed by atoms with Crippen LogP contribution in [0.2, 0.25) is 0 Å². The normalized spacial score (nSPS) is 30.5. The zero-order valence-electron chi connectivity index (χ0n) is 19.6. The largest absolute Gasteiger partial charge is 0.507 e. The monoisotopic (exact) mass is 464 g/mol. The molecule has 3 fully saturated rings. The van der Waals surface area contributed by atoms with Gasteiger partial charge in [-0.1, -0.05) is 6.07 Å². The lowest BCUT2D eigenvalue weighted by Crippen LogP contribution is -2.66. The molecule has 10 heteroatoms. The number of aromatic hydroxyl groups is 1. The molecule has 2 aromatic heterocycles.